The summed E-state index contributed by atoms with van der Waals surface area (Å²) in [5.41, 5.74) is 5.91. The molecule has 116 valence electrons. The number of morpholine rings is 1. The van der Waals surface area contributed by atoms with Crippen molar-refractivity contribution in [2.75, 3.05) is 37.4 Å². The molecular weight excluding hydrogens is 277 g/mol. The lowest BCUT2D eigenvalue weighted by atomic mass is 10.2. The molecule has 1 amide bonds. The third kappa shape index (κ3) is 4.13. The average molecular weight is 297 g/mol. The Hall–Kier alpha value is -1.70. The Morgan fingerprint density at radius 2 is 2.38 bits per heavy atom. The molecule has 0 bridgehead atoms. The van der Waals surface area contributed by atoms with E-state index in [1.807, 2.05) is 11.8 Å². The maximum Gasteiger partial charge on any atom is 0.238 e. The third-order valence-corrected chi connectivity index (χ3v) is 3.46. The minimum atomic E-state index is -0.513. The van der Waals surface area contributed by atoms with Gasteiger partial charge in [-0.15, -0.1) is 0 Å². The number of carbonyl (C=O) groups is 1. The number of aliphatic hydroxyl groups excluding tert-OH is 1. The Morgan fingerprint density at radius 1 is 1.62 bits per heavy atom. The highest BCUT2D eigenvalue weighted by Gasteiger charge is 2.27. The van der Waals surface area contributed by atoms with Crippen LogP contribution in [0.5, 0.6) is 0 Å². The molecule has 0 radical (unpaired) electrons. The van der Waals surface area contributed by atoms with Gasteiger partial charge in [-0.3, -0.25) is 9.69 Å². The molecule has 0 aromatic heterocycles. The van der Waals surface area contributed by atoms with Gasteiger partial charge in [0.2, 0.25) is 5.91 Å². The second-order valence-corrected chi connectivity index (χ2v) is 5.20. The normalized spacial score (nSPS) is 23.0. The van der Waals surface area contributed by atoms with Crippen LogP contribution in [0, 0.1) is 5.82 Å². The van der Waals surface area contributed by atoms with E-state index in [2.05, 4.69) is 5.32 Å². The third-order valence-electron chi connectivity index (χ3n) is 3.46. The quantitative estimate of drug-likeness (QED) is 0.701. The first-order valence-electron chi connectivity index (χ1n) is 6.81. The summed E-state index contributed by atoms with van der Waals surface area (Å²) in [7, 11) is 0. The van der Waals surface area contributed by atoms with Crippen molar-refractivity contribution in [3.8, 4) is 0 Å². The van der Waals surface area contributed by atoms with Crippen molar-refractivity contribution in [3.63, 3.8) is 0 Å². The van der Waals surface area contributed by atoms with Gasteiger partial charge in [-0.2, -0.15) is 0 Å². The molecule has 1 fully saturated rings. The summed E-state index contributed by atoms with van der Waals surface area (Å²) >= 11 is 0. The van der Waals surface area contributed by atoms with E-state index in [0.717, 1.165) is 0 Å². The molecule has 1 aromatic rings. The first-order valence-corrected chi connectivity index (χ1v) is 6.81. The number of hydrogen-bond acceptors (Lipinski definition) is 5. The zero-order chi connectivity index (χ0) is 15.4. The fourth-order valence-corrected chi connectivity index (χ4v) is 2.21. The summed E-state index contributed by atoms with van der Waals surface area (Å²) in [4.78, 5) is 14.0. The van der Waals surface area contributed by atoms with Gasteiger partial charge >= 0.3 is 0 Å². The highest BCUT2D eigenvalue weighted by molar-refractivity contribution is 5.92. The van der Waals surface area contributed by atoms with Crippen LogP contribution >= 0.6 is 0 Å². The van der Waals surface area contributed by atoms with Crippen LogP contribution in [0.1, 0.15) is 6.92 Å². The number of nitrogen functional groups attached to an aromatic ring is 1. The Labute approximate surface area is 122 Å². The first-order chi connectivity index (χ1) is 9.99. The molecule has 6 nitrogen and oxygen atoms in total. The Kier molecular flexibility index (Phi) is 5.11. The maximum atomic E-state index is 13.1. The number of anilines is 2. The van der Waals surface area contributed by atoms with Crippen LogP contribution in [-0.2, 0) is 9.53 Å². The van der Waals surface area contributed by atoms with Gasteiger partial charge in [-0.05, 0) is 25.1 Å². The SMILES string of the molecule is CC1COC(CO)CN1CC(=O)Nc1ccc(F)c(N)c1. The van der Waals surface area contributed by atoms with Gasteiger partial charge in [-0.1, -0.05) is 0 Å². The Balaban J connectivity index is 1.92. The van der Waals surface area contributed by atoms with Crippen molar-refractivity contribution in [1.82, 2.24) is 4.90 Å². The fraction of sp³-hybridized carbons (Fsp3) is 0.500. The number of hydrogen-bond donors (Lipinski definition) is 3. The molecule has 0 spiro atoms. The zero-order valence-corrected chi connectivity index (χ0v) is 11.9. The molecule has 1 saturated heterocycles. The van der Waals surface area contributed by atoms with E-state index in [-0.39, 0.29) is 36.9 Å². The molecule has 1 aliphatic rings. The number of aliphatic hydroxyl groups is 1. The maximum absolute atomic E-state index is 13.1. The molecule has 2 atom stereocenters. The summed E-state index contributed by atoms with van der Waals surface area (Å²) in [6.07, 6.45) is -0.268. The second kappa shape index (κ2) is 6.84. The van der Waals surface area contributed by atoms with E-state index in [1.165, 1.54) is 18.2 Å². The lowest BCUT2D eigenvalue weighted by molar-refractivity contribution is -0.122. The van der Waals surface area contributed by atoms with Gasteiger partial charge in [0.15, 0.2) is 0 Å². The summed E-state index contributed by atoms with van der Waals surface area (Å²) in [5.74, 6) is -0.730. The van der Waals surface area contributed by atoms with E-state index in [1.54, 1.807) is 0 Å². The van der Waals surface area contributed by atoms with E-state index >= 15 is 0 Å². The minimum Gasteiger partial charge on any atom is -0.396 e. The number of halogens is 1. The summed E-state index contributed by atoms with van der Waals surface area (Å²) in [6, 6.07) is 4.15. The molecule has 2 rings (SSSR count). The van der Waals surface area contributed by atoms with Crippen molar-refractivity contribution in [3.05, 3.63) is 24.0 Å². The number of nitrogens with two attached hydrogens (primary N) is 1. The molecule has 4 N–H and O–H groups in total. The standard InChI is InChI=1S/C14H20FN3O3/c1-9-8-21-11(7-19)5-18(9)6-14(20)17-10-2-3-12(15)13(16)4-10/h2-4,9,11,19H,5-8,16H2,1H3,(H,17,20). The highest BCUT2D eigenvalue weighted by Crippen LogP contribution is 2.17. The monoisotopic (exact) mass is 297 g/mol. The Bertz CT molecular complexity index is 512. The van der Waals surface area contributed by atoms with Crippen molar-refractivity contribution < 1.29 is 19.0 Å². The number of carbonyl (C=O) groups excluding carboxylic acids is 1. The lowest BCUT2D eigenvalue weighted by Gasteiger charge is -2.36. The first kappa shape index (κ1) is 15.7. The summed E-state index contributed by atoms with van der Waals surface area (Å²) in [5, 5.41) is 11.8. The van der Waals surface area contributed by atoms with E-state index < -0.39 is 5.82 Å². The zero-order valence-electron chi connectivity index (χ0n) is 11.9. The summed E-state index contributed by atoms with van der Waals surface area (Å²) in [6.45, 7) is 3.03. The number of nitrogens with zero attached hydrogens (tertiary/aromatic N) is 1. The number of rotatable bonds is 4. The van der Waals surface area contributed by atoms with Crippen LogP contribution < -0.4 is 11.1 Å². The molecule has 0 saturated carbocycles. The molecule has 1 heterocycles. The molecular formula is C14H20FN3O3. The van der Waals surface area contributed by atoms with Gasteiger partial charge in [0.05, 0.1) is 31.5 Å². The van der Waals surface area contributed by atoms with E-state index in [0.29, 0.717) is 18.8 Å². The van der Waals surface area contributed by atoms with Gasteiger partial charge in [0, 0.05) is 18.3 Å². The molecule has 1 aliphatic heterocycles. The van der Waals surface area contributed by atoms with Crippen LogP contribution in [0.2, 0.25) is 0 Å². The number of benzene rings is 1. The van der Waals surface area contributed by atoms with Gasteiger partial charge in [0.1, 0.15) is 5.82 Å². The second-order valence-electron chi connectivity index (χ2n) is 5.20. The van der Waals surface area contributed by atoms with Gasteiger partial charge in [-0.25, -0.2) is 4.39 Å². The highest BCUT2D eigenvalue weighted by atomic mass is 19.1. The topological polar surface area (TPSA) is 87.8 Å². The summed E-state index contributed by atoms with van der Waals surface area (Å²) < 4.78 is 18.5. The minimum absolute atomic E-state index is 0.00659. The van der Waals surface area contributed by atoms with E-state index in [4.69, 9.17) is 15.6 Å². The molecule has 0 aliphatic carbocycles. The van der Waals surface area contributed by atoms with Gasteiger partial charge in [0.25, 0.3) is 0 Å². The molecule has 2 unspecified atom stereocenters. The van der Waals surface area contributed by atoms with E-state index in [9.17, 15) is 9.18 Å². The molecule has 21 heavy (non-hydrogen) atoms. The lowest BCUT2D eigenvalue weighted by Crippen LogP contribution is -2.51. The molecule has 1 aromatic carbocycles. The van der Waals surface area contributed by atoms with Crippen LogP contribution in [0.15, 0.2) is 18.2 Å². The average Bonchev–Trinajstić information content (AvgIpc) is 2.45. The van der Waals surface area contributed by atoms with Crippen LogP contribution in [0.3, 0.4) is 0 Å². The smallest absolute Gasteiger partial charge is 0.238 e. The predicted octanol–water partition coefficient (Wildman–Crippen LogP) is 0.428. The van der Waals surface area contributed by atoms with Crippen molar-refractivity contribution >= 4 is 17.3 Å². The van der Waals surface area contributed by atoms with Crippen LogP contribution in [-0.4, -0.2) is 54.4 Å². The largest absolute Gasteiger partial charge is 0.396 e. The number of amides is 1. The number of ether oxygens (including phenoxy) is 1. The van der Waals surface area contributed by atoms with Crippen molar-refractivity contribution in [2.45, 2.75) is 19.1 Å². The predicted molar refractivity (Wildman–Crippen MR) is 77.3 cm³/mol. The molecule has 7 heteroatoms. The number of nitrogens with one attached hydrogen (secondary N) is 1. The van der Waals surface area contributed by atoms with Crippen LogP contribution in [0.4, 0.5) is 15.8 Å². The van der Waals surface area contributed by atoms with Crippen molar-refractivity contribution in [2.24, 2.45) is 0 Å². The Morgan fingerprint density at radius 3 is 3.05 bits per heavy atom. The van der Waals surface area contributed by atoms with Gasteiger partial charge < -0.3 is 20.9 Å². The van der Waals surface area contributed by atoms with Crippen molar-refractivity contribution in [1.29, 1.82) is 0 Å². The van der Waals surface area contributed by atoms with Crippen LogP contribution in [0.25, 0.3) is 0 Å². The fourth-order valence-electron chi connectivity index (χ4n) is 2.21.